The van der Waals surface area contributed by atoms with Gasteiger partial charge in [0.2, 0.25) is 17.1 Å². The number of carbonyl (C=O) groups excluding carboxylic acids is 1. The number of amides is 1. The molecule has 2 aromatic heterocycles. The Balaban J connectivity index is 1.78. The minimum absolute atomic E-state index is 0.108. The molecule has 0 saturated carbocycles. The van der Waals surface area contributed by atoms with E-state index in [0.29, 0.717) is 18.2 Å². The third-order valence-corrected chi connectivity index (χ3v) is 5.16. The largest absolute Gasteiger partial charge is 0.437 e. The summed E-state index contributed by atoms with van der Waals surface area (Å²) in [6.45, 7) is 4.26. The van der Waals surface area contributed by atoms with Gasteiger partial charge < -0.3 is 9.64 Å². The number of benzene rings is 1. The summed E-state index contributed by atoms with van der Waals surface area (Å²) in [6.07, 6.45) is 3.03. The Kier molecular flexibility index (Phi) is 4.15. The van der Waals surface area contributed by atoms with E-state index in [4.69, 9.17) is 16.3 Å². The number of nitrogens with zero attached hydrogens (tertiary/aromatic N) is 3. The molecule has 0 N–H and O–H groups in total. The number of carbonyl (C=O) groups is 1. The molecule has 25 heavy (non-hydrogen) atoms. The second-order valence-electron chi connectivity index (χ2n) is 5.59. The smallest absolute Gasteiger partial charge is 0.250 e. The van der Waals surface area contributed by atoms with Crippen LogP contribution in [0.2, 0.25) is 5.28 Å². The summed E-state index contributed by atoms with van der Waals surface area (Å²) >= 11 is 7.51. The summed E-state index contributed by atoms with van der Waals surface area (Å²) in [5, 5.41) is 2.07. The first-order valence-electron chi connectivity index (χ1n) is 7.82. The summed E-state index contributed by atoms with van der Waals surface area (Å²) in [5.74, 6) is 1.01. The normalized spacial score (nSPS) is 13.6. The molecule has 0 atom stereocenters. The summed E-state index contributed by atoms with van der Waals surface area (Å²) in [4.78, 5) is 22.3. The van der Waals surface area contributed by atoms with Gasteiger partial charge in [0.25, 0.3) is 0 Å². The highest BCUT2D eigenvalue weighted by Gasteiger charge is 2.24. The summed E-state index contributed by atoms with van der Waals surface area (Å²) in [5.41, 5.74) is 2.60. The number of halogens is 1. The number of aromatic nitrogens is 2. The molecule has 1 aliphatic rings. The van der Waals surface area contributed by atoms with Gasteiger partial charge in [0.05, 0.1) is 11.2 Å². The lowest BCUT2D eigenvalue weighted by atomic mass is 10.0. The zero-order valence-electron chi connectivity index (χ0n) is 13.2. The molecule has 0 unspecified atom stereocenters. The van der Waals surface area contributed by atoms with Crippen molar-refractivity contribution < 1.29 is 9.53 Å². The van der Waals surface area contributed by atoms with E-state index < -0.39 is 0 Å². The lowest BCUT2D eigenvalue weighted by Crippen LogP contribution is -2.34. The third kappa shape index (κ3) is 2.88. The van der Waals surface area contributed by atoms with Crippen LogP contribution in [0, 0.1) is 0 Å². The molecule has 0 bridgehead atoms. The van der Waals surface area contributed by atoms with Crippen LogP contribution in [0.1, 0.15) is 12.0 Å². The van der Waals surface area contributed by atoms with E-state index in [1.54, 1.807) is 4.90 Å². The van der Waals surface area contributed by atoms with Crippen LogP contribution in [0.3, 0.4) is 0 Å². The monoisotopic (exact) mass is 371 g/mol. The molecule has 7 heteroatoms. The number of ether oxygens (including phenoxy) is 1. The Bertz CT molecular complexity index is 986. The fourth-order valence-corrected chi connectivity index (χ4v) is 3.93. The van der Waals surface area contributed by atoms with Crippen molar-refractivity contribution in [2.45, 2.75) is 12.8 Å². The minimum Gasteiger partial charge on any atom is -0.437 e. The molecule has 0 spiro atoms. The molecule has 0 aliphatic carbocycles. The first-order valence-corrected chi connectivity index (χ1v) is 9.07. The Morgan fingerprint density at radius 3 is 3.08 bits per heavy atom. The van der Waals surface area contributed by atoms with E-state index in [-0.39, 0.29) is 11.2 Å². The lowest BCUT2D eigenvalue weighted by molar-refractivity contribution is -0.114. The van der Waals surface area contributed by atoms with Gasteiger partial charge in [0, 0.05) is 12.1 Å². The Morgan fingerprint density at radius 1 is 1.36 bits per heavy atom. The third-order valence-electron chi connectivity index (χ3n) is 4.10. The highest BCUT2D eigenvalue weighted by Crippen LogP contribution is 2.38. The van der Waals surface area contributed by atoms with Gasteiger partial charge in [-0.1, -0.05) is 12.6 Å². The molecule has 5 nitrogen and oxygen atoms in total. The van der Waals surface area contributed by atoms with Crippen molar-refractivity contribution in [1.82, 2.24) is 9.97 Å². The van der Waals surface area contributed by atoms with Crippen molar-refractivity contribution in [3.05, 3.63) is 53.1 Å². The van der Waals surface area contributed by atoms with Crippen molar-refractivity contribution in [1.29, 1.82) is 0 Å². The molecular weight excluding hydrogens is 358 g/mol. The van der Waals surface area contributed by atoms with Crippen molar-refractivity contribution in [2.75, 3.05) is 11.4 Å². The first-order chi connectivity index (χ1) is 12.2. The van der Waals surface area contributed by atoms with E-state index in [1.807, 2.05) is 29.6 Å². The Labute approximate surface area is 153 Å². The van der Waals surface area contributed by atoms with E-state index in [0.717, 1.165) is 34.3 Å². The Hall–Kier alpha value is -2.44. The summed E-state index contributed by atoms with van der Waals surface area (Å²) in [7, 11) is 0. The van der Waals surface area contributed by atoms with Crippen molar-refractivity contribution >= 4 is 44.7 Å². The number of rotatable bonds is 3. The number of hydrogen-bond donors (Lipinski definition) is 0. The Morgan fingerprint density at radius 2 is 2.24 bits per heavy atom. The number of fused-ring (bicyclic) bond motifs is 2. The van der Waals surface area contributed by atoms with Crippen LogP contribution in [0.4, 0.5) is 5.69 Å². The molecule has 0 saturated heterocycles. The molecule has 0 radical (unpaired) electrons. The number of thiophene rings is 1. The van der Waals surface area contributed by atoms with Crippen molar-refractivity contribution in [3.8, 4) is 11.6 Å². The van der Waals surface area contributed by atoms with Crippen LogP contribution in [0.15, 0.2) is 42.3 Å². The zero-order valence-corrected chi connectivity index (χ0v) is 14.8. The molecule has 3 heterocycles. The van der Waals surface area contributed by atoms with Gasteiger partial charge in [0.15, 0.2) is 0 Å². The summed E-state index contributed by atoms with van der Waals surface area (Å²) < 4.78 is 6.95. The first kappa shape index (κ1) is 16.1. The number of hydrogen-bond acceptors (Lipinski definition) is 5. The van der Waals surface area contributed by atoms with Crippen LogP contribution in [0.25, 0.3) is 10.2 Å². The molecule has 0 fully saturated rings. The second kappa shape index (κ2) is 6.46. The van der Waals surface area contributed by atoms with Gasteiger partial charge in [-0.05, 0) is 54.1 Å². The van der Waals surface area contributed by atoms with Crippen LogP contribution >= 0.6 is 22.9 Å². The maximum Gasteiger partial charge on any atom is 0.250 e. The van der Waals surface area contributed by atoms with E-state index >= 15 is 0 Å². The highest BCUT2D eigenvalue weighted by atomic mass is 35.5. The maximum atomic E-state index is 12.1. The molecule has 4 rings (SSSR count). The zero-order chi connectivity index (χ0) is 17.4. The standard InChI is InChI=1S/C18H14ClN3O2S/c1-2-15(23)22-9-4-5-11-13(22)6-3-7-14(11)24-17-16-12(8-10-25-16)20-18(19)21-17/h2-3,6-8,10H,1,4-5,9H2. The molecule has 3 aromatic rings. The quantitative estimate of drug-likeness (QED) is 0.498. The van der Waals surface area contributed by atoms with Gasteiger partial charge in [-0.2, -0.15) is 4.98 Å². The predicted molar refractivity (Wildman–Crippen MR) is 99.8 cm³/mol. The lowest BCUT2D eigenvalue weighted by Gasteiger charge is -2.29. The average molecular weight is 372 g/mol. The fraction of sp³-hybridized carbons (Fsp3) is 0.167. The predicted octanol–water partition coefficient (Wildman–Crippen LogP) is 4.60. The molecule has 1 amide bonds. The van der Waals surface area contributed by atoms with Crippen molar-refractivity contribution in [3.63, 3.8) is 0 Å². The van der Waals surface area contributed by atoms with Crippen molar-refractivity contribution in [2.24, 2.45) is 0 Å². The van der Waals surface area contributed by atoms with E-state index in [1.165, 1.54) is 17.4 Å². The van der Waals surface area contributed by atoms with Gasteiger partial charge in [-0.25, -0.2) is 4.98 Å². The van der Waals surface area contributed by atoms with Gasteiger partial charge >= 0.3 is 0 Å². The average Bonchev–Trinajstić information content (AvgIpc) is 3.09. The van der Waals surface area contributed by atoms with Gasteiger partial charge in [-0.3, -0.25) is 4.79 Å². The molecule has 1 aliphatic heterocycles. The fourth-order valence-electron chi connectivity index (χ4n) is 3.01. The maximum absolute atomic E-state index is 12.1. The molecule has 126 valence electrons. The number of anilines is 1. The SMILES string of the molecule is C=CC(=O)N1CCCc2c(Oc3nc(Cl)nc4ccsc34)cccc21. The van der Waals surface area contributed by atoms with Crippen LogP contribution in [0.5, 0.6) is 11.6 Å². The van der Waals surface area contributed by atoms with Crippen LogP contribution < -0.4 is 9.64 Å². The topological polar surface area (TPSA) is 55.3 Å². The molecule has 1 aromatic carbocycles. The second-order valence-corrected chi connectivity index (χ2v) is 6.84. The molecular formula is C18H14ClN3O2S. The minimum atomic E-state index is -0.108. The van der Waals surface area contributed by atoms with Gasteiger partial charge in [-0.15, -0.1) is 11.3 Å². The van der Waals surface area contributed by atoms with E-state index in [2.05, 4.69) is 16.5 Å². The highest BCUT2D eigenvalue weighted by molar-refractivity contribution is 7.17. The van der Waals surface area contributed by atoms with E-state index in [9.17, 15) is 4.79 Å². The van der Waals surface area contributed by atoms with Crippen LogP contribution in [-0.4, -0.2) is 22.4 Å². The van der Waals surface area contributed by atoms with Gasteiger partial charge in [0.1, 0.15) is 10.4 Å². The van der Waals surface area contributed by atoms with Crippen LogP contribution in [-0.2, 0) is 11.2 Å². The summed E-state index contributed by atoms with van der Waals surface area (Å²) in [6, 6.07) is 7.56.